The molecular weight excluding hydrogens is 424 g/mol. The summed E-state index contributed by atoms with van der Waals surface area (Å²) in [7, 11) is 0. The third-order valence-corrected chi connectivity index (χ3v) is 13.3. The topological polar surface area (TPSA) is 63.6 Å². The molecule has 4 heteroatoms. The molecule has 34 heavy (non-hydrogen) atoms. The number of aliphatic hydroxyl groups excluding tert-OH is 1. The number of cyclic esters (lactones) is 1. The van der Waals surface area contributed by atoms with Crippen LogP contribution in [0.5, 0.6) is 0 Å². The molecule has 6 rings (SSSR count). The van der Waals surface area contributed by atoms with Gasteiger partial charge in [0, 0.05) is 22.8 Å². The zero-order valence-electron chi connectivity index (χ0n) is 21.9. The van der Waals surface area contributed by atoms with Crippen LogP contribution < -0.4 is 0 Å². The van der Waals surface area contributed by atoms with E-state index in [-0.39, 0.29) is 28.1 Å². The highest BCUT2D eigenvalue weighted by atomic mass is 16.5. The maximum Gasteiger partial charge on any atom is 0.333 e. The van der Waals surface area contributed by atoms with Crippen molar-refractivity contribution in [1.82, 2.24) is 0 Å². The number of hydrogen-bond donors (Lipinski definition) is 1. The number of esters is 1. The van der Waals surface area contributed by atoms with Gasteiger partial charge in [0.2, 0.25) is 0 Å². The summed E-state index contributed by atoms with van der Waals surface area (Å²) in [4.78, 5) is 25.9. The van der Waals surface area contributed by atoms with E-state index in [2.05, 4.69) is 27.7 Å². The number of rotatable bonds is 0. The molecule has 5 saturated carbocycles. The number of carbonyl (C=O) groups excluding carboxylic acids is 2. The first-order valence-electron chi connectivity index (χ1n) is 14.0. The van der Waals surface area contributed by atoms with E-state index in [1.807, 2.05) is 13.0 Å². The summed E-state index contributed by atoms with van der Waals surface area (Å²) in [6, 6.07) is 0. The normalized spacial score (nSPS) is 55.4. The average molecular weight is 469 g/mol. The minimum absolute atomic E-state index is 0.00968. The van der Waals surface area contributed by atoms with Crippen molar-refractivity contribution in [3.63, 3.8) is 0 Å². The van der Waals surface area contributed by atoms with Gasteiger partial charge in [0.1, 0.15) is 5.78 Å². The molecule has 0 aromatic rings. The van der Waals surface area contributed by atoms with Gasteiger partial charge in [-0.2, -0.15) is 0 Å². The lowest BCUT2D eigenvalue weighted by molar-refractivity contribution is -0.184. The lowest BCUT2D eigenvalue weighted by Gasteiger charge is -2.63. The first-order valence-corrected chi connectivity index (χ1v) is 14.0. The molecule has 1 heterocycles. The van der Waals surface area contributed by atoms with Gasteiger partial charge in [-0.15, -0.1) is 0 Å². The molecule has 1 N–H and O–H groups in total. The third kappa shape index (κ3) is 2.55. The van der Waals surface area contributed by atoms with E-state index in [1.54, 1.807) is 0 Å². The molecule has 2 spiro atoms. The summed E-state index contributed by atoms with van der Waals surface area (Å²) in [6.07, 6.45) is 12.0. The maximum atomic E-state index is 13.0. The molecule has 2 unspecified atom stereocenters. The third-order valence-electron chi connectivity index (χ3n) is 13.3. The minimum Gasteiger partial charge on any atom is -0.462 e. The fraction of sp³-hybridized carbons (Fsp3) is 0.867. The Hall–Kier alpha value is -1.16. The van der Waals surface area contributed by atoms with Gasteiger partial charge in [-0.1, -0.05) is 33.8 Å². The van der Waals surface area contributed by atoms with E-state index in [1.165, 1.54) is 12.8 Å². The molecule has 0 saturated heterocycles. The summed E-state index contributed by atoms with van der Waals surface area (Å²) in [5.41, 5.74) is 1.14. The number of aliphatic hydroxyl groups is 1. The summed E-state index contributed by atoms with van der Waals surface area (Å²) in [6.45, 7) is 11.5. The van der Waals surface area contributed by atoms with Crippen LogP contribution in [-0.2, 0) is 14.3 Å². The minimum atomic E-state index is -0.414. The number of Topliss-reactive ketones (excluding diaryl/α,β-unsaturated/α-hetero) is 1. The van der Waals surface area contributed by atoms with Crippen molar-refractivity contribution in [2.24, 2.45) is 50.7 Å². The quantitative estimate of drug-likeness (QED) is 0.452. The number of ketones is 1. The molecule has 9 atom stereocenters. The smallest absolute Gasteiger partial charge is 0.333 e. The van der Waals surface area contributed by atoms with Crippen LogP contribution in [0, 0.1) is 50.7 Å². The Kier molecular flexibility index (Phi) is 4.78. The molecule has 5 fully saturated rings. The zero-order chi connectivity index (χ0) is 24.3. The first-order chi connectivity index (χ1) is 16.0. The van der Waals surface area contributed by atoms with Crippen molar-refractivity contribution in [1.29, 1.82) is 0 Å². The van der Waals surface area contributed by atoms with Gasteiger partial charge >= 0.3 is 5.97 Å². The summed E-state index contributed by atoms with van der Waals surface area (Å²) in [5, 5.41) is 11.1. The van der Waals surface area contributed by atoms with Crippen molar-refractivity contribution in [3.05, 3.63) is 11.6 Å². The Balaban J connectivity index is 1.43. The molecule has 5 aliphatic carbocycles. The Bertz CT molecular complexity index is 965. The summed E-state index contributed by atoms with van der Waals surface area (Å²) in [5.74, 6) is 2.01. The van der Waals surface area contributed by atoms with Crippen LogP contribution in [0.1, 0.15) is 98.8 Å². The van der Waals surface area contributed by atoms with Crippen LogP contribution in [0.4, 0.5) is 0 Å². The van der Waals surface area contributed by atoms with Gasteiger partial charge in [-0.3, -0.25) is 4.79 Å². The van der Waals surface area contributed by atoms with Gasteiger partial charge in [0.25, 0.3) is 0 Å². The Morgan fingerprint density at radius 3 is 2.41 bits per heavy atom. The Morgan fingerprint density at radius 2 is 1.65 bits per heavy atom. The lowest BCUT2D eigenvalue weighted by atomic mass is 9.41. The number of ether oxygens (including phenoxy) is 1. The highest BCUT2D eigenvalue weighted by Crippen LogP contribution is 2.88. The molecule has 4 nitrogen and oxygen atoms in total. The monoisotopic (exact) mass is 468 g/mol. The van der Waals surface area contributed by atoms with Gasteiger partial charge in [-0.25, -0.2) is 4.79 Å². The van der Waals surface area contributed by atoms with E-state index < -0.39 is 6.10 Å². The van der Waals surface area contributed by atoms with Crippen molar-refractivity contribution < 1.29 is 19.4 Å². The summed E-state index contributed by atoms with van der Waals surface area (Å²) < 4.78 is 6.17. The summed E-state index contributed by atoms with van der Waals surface area (Å²) >= 11 is 0. The molecule has 188 valence electrons. The van der Waals surface area contributed by atoms with Crippen LogP contribution >= 0.6 is 0 Å². The maximum absolute atomic E-state index is 13.0. The second-order valence-corrected chi connectivity index (χ2v) is 14.2. The molecule has 0 amide bonds. The predicted octanol–water partition coefficient (Wildman–Crippen LogP) is 5.86. The predicted molar refractivity (Wildman–Crippen MR) is 131 cm³/mol. The molecule has 6 aliphatic rings. The largest absolute Gasteiger partial charge is 0.462 e. The van der Waals surface area contributed by atoms with Gasteiger partial charge in [-0.05, 0) is 105 Å². The van der Waals surface area contributed by atoms with Gasteiger partial charge in [0.05, 0.1) is 12.7 Å². The first kappa shape index (κ1) is 23.3. The number of hydrogen-bond acceptors (Lipinski definition) is 4. The Morgan fingerprint density at radius 1 is 0.941 bits per heavy atom. The molecule has 0 aromatic carbocycles. The highest BCUT2D eigenvalue weighted by Gasteiger charge is 2.83. The molecule has 1 aliphatic heterocycles. The van der Waals surface area contributed by atoms with E-state index in [4.69, 9.17) is 4.74 Å². The second-order valence-electron chi connectivity index (χ2n) is 14.2. The van der Waals surface area contributed by atoms with Crippen LogP contribution in [0.15, 0.2) is 11.6 Å². The highest BCUT2D eigenvalue weighted by molar-refractivity contribution is 5.87. The lowest BCUT2D eigenvalue weighted by Crippen LogP contribution is -2.59. The fourth-order valence-corrected chi connectivity index (χ4v) is 11.3. The van der Waals surface area contributed by atoms with Crippen LogP contribution in [-0.4, -0.2) is 29.6 Å². The van der Waals surface area contributed by atoms with E-state index in [0.29, 0.717) is 53.0 Å². The van der Waals surface area contributed by atoms with Gasteiger partial charge < -0.3 is 9.84 Å². The standard InChI is InChI=1S/C30H44O4/c1-18-6-7-21(31)19(2)20-10-12-30(17-34-25(18)33)23-9-8-22-26(3,4)24(32)11-13-28(22)16-29(23,28)15-14-27(20,30)5/h6,19-23,31H,7-17H2,1-5H3/b18-6+/t19-,20+,21+,22?,23+,27+,28+,29?,30+/m0/s1. The molecule has 0 radical (unpaired) electrons. The molecular formula is C30H44O4. The van der Waals surface area contributed by atoms with Crippen LogP contribution in [0.2, 0.25) is 0 Å². The van der Waals surface area contributed by atoms with E-state index in [0.717, 1.165) is 44.9 Å². The Labute approximate surface area is 205 Å². The average Bonchev–Trinajstić information content (AvgIpc) is 3.37. The fourth-order valence-electron chi connectivity index (χ4n) is 11.3. The van der Waals surface area contributed by atoms with Crippen LogP contribution in [0.3, 0.4) is 0 Å². The van der Waals surface area contributed by atoms with E-state index in [9.17, 15) is 14.7 Å². The van der Waals surface area contributed by atoms with Crippen molar-refractivity contribution >= 4 is 11.8 Å². The number of carbonyl (C=O) groups is 2. The second kappa shape index (κ2) is 6.99. The van der Waals surface area contributed by atoms with Crippen molar-refractivity contribution in [2.75, 3.05) is 6.61 Å². The van der Waals surface area contributed by atoms with E-state index >= 15 is 0 Å². The van der Waals surface area contributed by atoms with Crippen LogP contribution in [0.25, 0.3) is 0 Å². The van der Waals surface area contributed by atoms with Gasteiger partial charge in [0.15, 0.2) is 0 Å². The van der Waals surface area contributed by atoms with Crippen molar-refractivity contribution in [2.45, 2.75) is 105 Å². The zero-order valence-corrected chi connectivity index (χ0v) is 21.9. The van der Waals surface area contributed by atoms with Crippen molar-refractivity contribution in [3.8, 4) is 0 Å². The molecule has 2 bridgehead atoms. The SMILES string of the molecule is C/C1=C\C[C@@H](O)[C@@H](C)[C@H]2CC[C@@]3(COC1=O)[C@@H]1CCC4C(C)(C)C(=O)CC[C@@]45CC15CC[C@]23C. The molecule has 0 aromatic heterocycles.